The van der Waals surface area contributed by atoms with Crippen molar-refractivity contribution in [1.82, 2.24) is 0 Å². The number of nitrogens with one attached hydrogen (secondary N) is 1. The molecule has 1 heterocycles. The highest BCUT2D eigenvalue weighted by atomic mass is 32.1. The minimum absolute atomic E-state index is 0.00306. The van der Waals surface area contributed by atoms with E-state index < -0.39 is 11.9 Å². The van der Waals surface area contributed by atoms with E-state index in [1.807, 2.05) is 6.92 Å². The Morgan fingerprint density at radius 1 is 1.24 bits per heavy atom. The number of carbonyl (C=O) groups is 3. The molecule has 1 aromatic heterocycles. The lowest BCUT2D eigenvalue weighted by Crippen LogP contribution is -2.15. The predicted octanol–water partition coefficient (Wildman–Crippen LogP) is 2.38. The molecule has 0 saturated carbocycles. The number of aryl methyl sites for hydroxylation is 1. The van der Waals surface area contributed by atoms with Gasteiger partial charge in [-0.1, -0.05) is 6.92 Å². The van der Waals surface area contributed by atoms with E-state index in [0.29, 0.717) is 10.6 Å². The van der Waals surface area contributed by atoms with Gasteiger partial charge in [0.1, 0.15) is 5.00 Å². The molecule has 0 saturated heterocycles. The summed E-state index contributed by atoms with van der Waals surface area (Å²) in [6.07, 6.45) is 0.770. The van der Waals surface area contributed by atoms with Crippen LogP contribution in [-0.2, 0) is 25.5 Å². The summed E-state index contributed by atoms with van der Waals surface area (Å²) < 4.78 is 9.44. The predicted molar refractivity (Wildman–Crippen MR) is 79.5 cm³/mol. The van der Waals surface area contributed by atoms with Crippen LogP contribution < -0.4 is 5.32 Å². The molecule has 1 N–H and O–H groups in total. The van der Waals surface area contributed by atoms with E-state index in [4.69, 9.17) is 4.74 Å². The summed E-state index contributed by atoms with van der Waals surface area (Å²) >= 11 is 1.33. The van der Waals surface area contributed by atoms with E-state index in [1.54, 1.807) is 13.0 Å². The van der Waals surface area contributed by atoms with Crippen LogP contribution in [-0.4, -0.2) is 31.6 Å². The lowest BCUT2D eigenvalue weighted by molar-refractivity contribution is -0.141. The van der Waals surface area contributed by atoms with Crippen LogP contribution in [0.2, 0.25) is 0 Å². The fourth-order valence-corrected chi connectivity index (χ4v) is 2.58. The van der Waals surface area contributed by atoms with Gasteiger partial charge >= 0.3 is 11.9 Å². The number of esters is 2. The Hall–Kier alpha value is -1.89. The molecule has 21 heavy (non-hydrogen) atoms. The molecule has 0 bridgehead atoms. The summed E-state index contributed by atoms with van der Waals surface area (Å²) in [5, 5.41) is 3.11. The van der Waals surface area contributed by atoms with Crippen molar-refractivity contribution in [3.8, 4) is 0 Å². The first kappa shape index (κ1) is 17.2. The molecule has 1 aromatic rings. The fraction of sp³-hybridized carbons (Fsp3) is 0.500. The van der Waals surface area contributed by atoms with Crippen molar-refractivity contribution in [1.29, 1.82) is 0 Å². The molecule has 0 spiro atoms. The van der Waals surface area contributed by atoms with Gasteiger partial charge in [0.15, 0.2) is 0 Å². The highest BCUT2D eigenvalue weighted by Gasteiger charge is 2.18. The quantitative estimate of drug-likeness (QED) is 0.782. The number of hydrogen-bond acceptors (Lipinski definition) is 6. The molecule has 6 nitrogen and oxygen atoms in total. The van der Waals surface area contributed by atoms with Gasteiger partial charge in [-0.3, -0.25) is 9.59 Å². The molecule has 0 atom stereocenters. The van der Waals surface area contributed by atoms with Crippen molar-refractivity contribution in [2.45, 2.75) is 33.1 Å². The summed E-state index contributed by atoms with van der Waals surface area (Å²) in [5.41, 5.74) is 0.352. The number of carbonyl (C=O) groups excluding carboxylic acids is 3. The van der Waals surface area contributed by atoms with Crippen molar-refractivity contribution >= 4 is 34.2 Å². The summed E-state index contributed by atoms with van der Waals surface area (Å²) in [6, 6.07) is 1.72. The zero-order chi connectivity index (χ0) is 15.8. The second-order valence-corrected chi connectivity index (χ2v) is 5.29. The molecular formula is C14H19NO5S. The molecule has 0 radical (unpaired) electrons. The lowest BCUT2D eigenvalue weighted by Gasteiger charge is -2.05. The Morgan fingerprint density at radius 3 is 2.52 bits per heavy atom. The van der Waals surface area contributed by atoms with Gasteiger partial charge in [-0.05, 0) is 19.4 Å². The maximum atomic E-state index is 11.8. The summed E-state index contributed by atoms with van der Waals surface area (Å²) in [7, 11) is 1.27. The largest absolute Gasteiger partial charge is 0.469 e. The van der Waals surface area contributed by atoms with Crippen LogP contribution in [0.3, 0.4) is 0 Å². The van der Waals surface area contributed by atoms with Gasteiger partial charge in [0.05, 0.1) is 25.7 Å². The Kier molecular flexibility index (Phi) is 6.87. The Balaban J connectivity index is 2.76. The third kappa shape index (κ3) is 5.18. The standard InChI is InChI=1S/C14H19NO5S/c1-4-9-8-10(14(18)20-5-2)13(21-9)15-11(16)6-7-12(17)19-3/h8H,4-7H2,1-3H3,(H,15,16). The average Bonchev–Trinajstić information content (AvgIpc) is 2.88. The number of hydrogen-bond donors (Lipinski definition) is 1. The zero-order valence-electron chi connectivity index (χ0n) is 12.4. The van der Waals surface area contributed by atoms with Crippen molar-refractivity contribution in [2.75, 3.05) is 19.0 Å². The molecule has 0 aromatic carbocycles. The highest BCUT2D eigenvalue weighted by molar-refractivity contribution is 7.16. The lowest BCUT2D eigenvalue weighted by atomic mass is 10.2. The third-order valence-electron chi connectivity index (χ3n) is 2.66. The number of rotatable bonds is 7. The molecule has 1 rings (SSSR count). The normalized spacial score (nSPS) is 10.0. The fourth-order valence-electron chi connectivity index (χ4n) is 1.58. The van der Waals surface area contributed by atoms with Crippen molar-refractivity contribution in [3.05, 3.63) is 16.5 Å². The molecule has 0 aliphatic rings. The van der Waals surface area contributed by atoms with E-state index >= 15 is 0 Å². The maximum absolute atomic E-state index is 11.8. The van der Waals surface area contributed by atoms with E-state index in [0.717, 1.165) is 11.3 Å². The van der Waals surface area contributed by atoms with Crippen LogP contribution in [0.15, 0.2) is 6.07 Å². The van der Waals surface area contributed by atoms with Crippen LogP contribution in [0, 0.1) is 0 Å². The van der Waals surface area contributed by atoms with Gasteiger partial charge in [0.2, 0.25) is 5.91 Å². The molecule has 0 aliphatic carbocycles. The average molecular weight is 313 g/mol. The molecule has 7 heteroatoms. The minimum Gasteiger partial charge on any atom is -0.469 e. The number of methoxy groups -OCH3 is 1. The van der Waals surface area contributed by atoms with E-state index in [1.165, 1.54) is 18.4 Å². The number of amides is 1. The van der Waals surface area contributed by atoms with Gasteiger partial charge in [-0.15, -0.1) is 11.3 Å². The van der Waals surface area contributed by atoms with E-state index in [-0.39, 0.29) is 25.4 Å². The third-order valence-corrected chi connectivity index (χ3v) is 3.86. The molecular weight excluding hydrogens is 294 g/mol. The minimum atomic E-state index is -0.461. The smallest absolute Gasteiger partial charge is 0.341 e. The second kappa shape index (κ2) is 8.41. The van der Waals surface area contributed by atoms with Crippen LogP contribution in [0.25, 0.3) is 0 Å². The number of ether oxygens (including phenoxy) is 2. The van der Waals surface area contributed by atoms with Gasteiger partial charge in [-0.2, -0.15) is 0 Å². The van der Waals surface area contributed by atoms with E-state index in [2.05, 4.69) is 10.1 Å². The van der Waals surface area contributed by atoms with Gasteiger partial charge < -0.3 is 14.8 Å². The first-order chi connectivity index (χ1) is 10.0. The molecule has 0 fully saturated rings. The first-order valence-electron chi connectivity index (χ1n) is 6.68. The molecule has 0 unspecified atom stereocenters. The molecule has 116 valence electrons. The topological polar surface area (TPSA) is 81.7 Å². The van der Waals surface area contributed by atoms with Crippen molar-refractivity contribution in [3.63, 3.8) is 0 Å². The Morgan fingerprint density at radius 2 is 1.95 bits per heavy atom. The summed E-state index contributed by atoms with van der Waals surface area (Å²) in [5.74, 6) is -1.25. The monoisotopic (exact) mass is 313 g/mol. The number of anilines is 1. The van der Waals surface area contributed by atoms with Crippen LogP contribution in [0.5, 0.6) is 0 Å². The highest BCUT2D eigenvalue weighted by Crippen LogP contribution is 2.29. The molecule has 0 aliphatic heterocycles. The van der Waals surface area contributed by atoms with Crippen molar-refractivity contribution < 1.29 is 23.9 Å². The van der Waals surface area contributed by atoms with Gasteiger partial charge in [-0.25, -0.2) is 4.79 Å². The van der Waals surface area contributed by atoms with Gasteiger partial charge in [0.25, 0.3) is 0 Å². The van der Waals surface area contributed by atoms with Crippen molar-refractivity contribution in [2.24, 2.45) is 0 Å². The first-order valence-corrected chi connectivity index (χ1v) is 7.49. The van der Waals surface area contributed by atoms with Crippen LogP contribution >= 0.6 is 11.3 Å². The van der Waals surface area contributed by atoms with Gasteiger partial charge in [0, 0.05) is 11.3 Å². The van der Waals surface area contributed by atoms with E-state index in [9.17, 15) is 14.4 Å². The maximum Gasteiger partial charge on any atom is 0.341 e. The Labute approximate surface area is 127 Å². The summed E-state index contributed by atoms with van der Waals surface area (Å²) in [6.45, 7) is 3.95. The second-order valence-electron chi connectivity index (χ2n) is 4.15. The summed E-state index contributed by atoms with van der Waals surface area (Å²) in [4.78, 5) is 35.6. The number of thiophene rings is 1. The zero-order valence-corrected chi connectivity index (χ0v) is 13.2. The van der Waals surface area contributed by atoms with Crippen LogP contribution in [0.1, 0.15) is 41.9 Å². The molecule has 1 amide bonds. The Bertz CT molecular complexity index is 523. The SMILES string of the molecule is CCOC(=O)c1cc(CC)sc1NC(=O)CCC(=O)OC. The van der Waals surface area contributed by atoms with Crippen LogP contribution in [0.4, 0.5) is 5.00 Å².